The Morgan fingerprint density at radius 2 is 1.64 bits per heavy atom. The minimum Gasteiger partial charge on any atom is -0.372 e. The molecule has 0 radical (unpaired) electrons. The van der Waals surface area contributed by atoms with Crippen molar-refractivity contribution < 1.29 is 18.0 Å². The second-order valence-electron chi connectivity index (χ2n) is 5.97. The van der Waals surface area contributed by atoms with E-state index in [9.17, 15) is 13.2 Å². The second kappa shape index (κ2) is 7.09. The first-order valence-electron chi connectivity index (χ1n) is 8.26. The minimum absolute atomic E-state index is 0.155. The first kappa shape index (κ1) is 18.2. The third kappa shape index (κ3) is 3.75. The first-order chi connectivity index (χ1) is 13.4. The lowest BCUT2D eigenvalue weighted by Gasteiger charge is -2.12. The molecule has 0 aliphatic carbocycles. The summed E-state index contributed by atoms with van der Waals surface area (Å²) in [6.07, 6.45) is -4.46. The Morgan fingerprint density at radius 1 is 0.929 bits per heavy atom. The Kier molecular flexibility index (Phi) is 4.60. The molecule has 4 aromatic rings. The monoisotopic (exact) mass is 403 g/mol. The lowest BCUT2D eigenvalue weighted by atomic mass is 10.2. The predicted molar refractivity (Wildman–Crippen MR) is 102 cm³/mol. The number of fused-ring (bicyclic) bond motifs is 1. The number of aromatic nitrogens is 2. The number of para-hydroxylation sites is 1. The van der Waals surface area contributed by atoms with Crippen LogP contribution in [0.1, 0.15) is 5.56 Å². The highest BCUT2D eigenvalue weighted by atomic mass is 35.5. The Balaban J connectivity index is 1.80. The predicted octanol–water partition coefficient (Wildman–Crippen LogP) is 6.29. The van der Waals surface area contributed by atoms with Crippen molar-refractivity contribution in [3.8, 4) is 5.75 Å². The molecule has 0 aliphatic heterocycles. The molecule has 0 fully saturated rings. The fourth-order valence-electron chi connectivity index (χ4n) is 2.66. The Hall–Kier alpha value is -3.19. The van der Waals surface area contributed by atoms with Crippen molar-refractivity contribution in [2.24, 2.45) is 0 Å². The maximum absolute atomic E-state index is 13.1. The third-order valence-corrected chi connectivity index (χ3v) is 4.23. The molecular formula is C20H13ClF3N3O. The lowest BCUT2D eigenvalue weighted by Crippen LogP contribution is -2.09. The molecule has 1 heterocycles. The van der Waals surface area contributed by atoms with E-state index in [-0.39, 0.29) is 11.5 Å². The van der Waals surface area contributed by atoms with E-state index < -0.39 is 11.7 Å². The molecule has 0 saturated heterocycles. The number of halogens is 4. The highest BCUT2D eigenvalue weighted by Gasteiger charge is 2.31. The van der Waals surface area contributed by atoms with Gasteiger partial charge in [0, 0.05) is 10.7 Å². The maximum Gasteiger partial charge on any atom is 0.416 e. The summed E-state index contributed by atoms with van der Waals surface area (Å²) in [5.74, 6) is 0.704. The largest absolute Gasteiger partial charge is 0.416 e. The van der Waals surface area contributed by atoms with Crippen molar-refractivity contribution in [2.45, 2.75) is 6.18 Å². The zero-order valence-corrected chi connectivity index (χ0v) is 15.0. The molecule has 3 aromatic carbocycles. The van der Waals surface area contributed by atoms with E-state index in [2.05, 4.69) is 10.3 Å². The van der Waals surface area contributed by atoms with E-state index in [0.717, 1.165) is 17.8 Å². The van der Waals surface area contributed by atoms with Crippen molar-refractivity contribution in [3.05, 3.63) is 83.4 Å². The van der Waals surface area contributed by atoms with Gasteiger partial charge in [-0.2, -0.15) is 13.2 Å². The summed E-state index contributed by atoms with van der Waals surface area (Å²) in [5, 5.41) is 3.61. The van der Waals surface area contributed by atoms with Gasteiger partial charge in [-0.05, 0) is 54.6 Å². The molecular weight excluding hydrogens is 391 g/mol. The van der Waals surface area contributed by atoms with Crippen LogP contribution in [0.25, 0.3) is 11.0 Å². The van der Waals surface area contributed by atoms with Crippen molar-refractivity contribution in [1.82, 2.24) is 9.71 Å². The van der Waals surface area contributed by atoms with E-state index in [1.54, 1.807) is 24.3 Å². The molecule has 0 atom stereocenters. The summed E-state index contributed by atoms with van der Waals surface area (Å²) < 4.78 is 40.5. The van der Waals surface area contributed by atoms with Gasteiger partial charge in [0.1, 0.15) is 5.52 Å². The van der Waals surface area contributed by atoms with Gasteiger partial charge in [-0.15, -0.1) is 4.73 Å². The quantitative estimate of drug-likeness (QED) is 0.435. The molecule has 4 nitrogen and oxygen atoms in total. The molecule has 0 bridgehead atoms. The Morgan fingerprint density at radius 3 is 2.32 bits per heavy atom. The average molecular weight is 404 g/mol. The van der Waals surface area contributed by atoms with Crippen LogP contribution in [0, 0.1) is 0 Å². The SMILES string of the molecule is FC(F)(F)c1ccc2c(c1)nc(Nc1ccccc1)n2Oc1ccc(Cl)cc1. The van der Waals surface area contributed by atoms with Gasteiger partial charge in [0.05, 0.1) is 11.1 Å². The number of imidazole rings is 1. The standard InChI is InChI=1S/C20H13ClF3N3O/c21-14-7-9-16(10-8-14)28-27-18-11-6-13(20(22,23)24)12-17(18)26-19(27)25-15-4-2-1-3-5-15/h1-12H,(H,25,26). The van der Waals surface area contributed by atoms with Crippen LogP contribution < -0.4 is 10.2 Å². The van der Waals surface area contributed by atoms with Crippen LogP contribution in [-0.2, 0) is 6.18 Å². The zero-order chi connectivity index (χ0) is 19.7. The highest BCUT2D eigenvalue weighted by molar-refractivity contribution is 6.30. The number of hydrogen-bond donors (Lipinski definition) is 1. The number of nitrogens with one attached hydrogen (secondary N) is 1. The number of nitrogens with zero attached hydrogens (tertiary/aromatic N) is 2. The van der Waals surface area contributed by atoms with Crippen LogP contribution in [0.4, 0.5) is 24.8 Å². The molecule has 4 rings (SSSR count). The van der Waals surface area contributed by atoms with Crippen LogP contribution in [0.5, 0.6) is 5.75 Å². The van der Waals surface area contributed by atoms with Crippen LogP contribution in [0.15, 0.2) is 72.8 Å². The van der Waals surface area contributed by atoms with E-state index in [1.165, 1.54) is 10.8 Å². The molecule has 142 valence electrons. The molecule has 0 aliphatic rings. The third-order valence-electron chi connectivity index (χ3n) is 3.98. The van der Waals surface area contributed by atoms with Gasteiger partial charge in [0.15, 0.2) is 5.75 Å². The molecule has 1 aromatic heterocycles. The van der Waals surface area contributed by atoms with Crippen LogP contribution in [0.3, 0.4) is 0 Å². The number of benzene rings is 3. The van der Waals surface area contributed by atoms with Gasteiger partial charge in [-0.1, -0.05) is 29.8 Å². The topological polar surface area (TPSA) is 39.1 Å². The Labute approximate surface area is 163 Å². The Bertz CT molecular complexity index is 1110. The first-order valence-corrected chi connectivity index (χ1v) is 8.64. The second-order valence-corrected chi connectivity index (χ2v) is 6.40. The number of hydrogen-bond acceptors (Lipinski definition) is 3. The molecule has 0 saturated carbocycles. The van der Waals surface area contributed by atoms with Gasteiger partial charge in [0.2, 0.25) is 5.95 Å². The van der Waals surface area contributed by atoms with Crippen molar-refractivity contribution in [3.63, 3.8) is 0 Å². The van der Waals surface area contributed by atoms with Gasteiger partial charge in [0.25, 0.3) is 0 Å². The number of anilines is 2. The molecule has 28 heavy (non-hydrogen) atoms. The van der Waals surface area contributed by atoms with Crippen LogP contribution in [0.2, 0.25) is 5.02 Å². The fraction of sp³-hybridized carbons (Fsp3) is 0.0500. The summed E-state index contributed by atoms with van der Waals surface area (Å²) in [7, 11) is 0. The fourth-order valence-corrected chi connectivity index (χ4v) is 2.78. The molecule has 0 unspecified atom stereocenters. The van der Waals surface area contributed by atoms with Gasteiger partial charge >= 0.3 is 6.18 Å². The summed E-state index contributed by atoms with van der Waals surface area (Å²) >= 11 is 5.89. The summed E-state index contributed by atoms with van der Waals surface area (Å²) in [6.45, 7) is 0. The summed E-state index contributed by atoms with van der Waals surface area (Å²) in [5.41, 5.74) is 0.487. The van der Waals surface area contributed by atoms with Crippen molar-refractivity contribution in [2.75, 3.05) is 5.32 Å². The van der Waals surface area contributed by atoms with Crippen LogP contribution >= 0.6 is 11.6 Å². The van der Waals surface area contributed by atoms with E-state index >= 15 is 0 Å². The van der Waals surface area contributed by atoms with E-state index in [4.69, 9.17) is 16.4 Å². The summed E-state index contributed by atoms with van der Waals surface area (Å²) in [6, 6.07) is 19.1. The van der Waals surface area contributed by atoms with Crippen molar-refractivity contribution in [1.29, 1.82) is 0 Å². The zero-order valence-electron chi connectivity index (χ0n) is 14.2. The van der Waals surface area contributed by atoms with Crippen LogP contribution in [-0.4, -0.2) is 9.71 Å². The number of alkyl halides is 3. The van der Waals surface area contributed by atoms with Crippen molar-refractivity contribution >= 4 is 34.3 Å². The molecule has 0 spiro atoms. The molecule has 1 N–H and O–H groups in total. The molecule has 0 amide bonds. The molecule has 8 heteroatoms. The van der Waals surface area contributed by atoms with E-state index in [1.807, 2.05) is 30.3 Å². The average Bonchev–Trinajstić information content (AvgIpc) is 3.00. The van der Waals surface area contributed by atoms with E-state index in [0.29, 0.717) is 16.3 Å². The van der Waals surface area contributed by atoms with Gasteiger partial charge in [-0.3, -0.25) is 0 Å². The van der Waals surface area contributed by atoms with Gasteiger partial charge in [-0.25, -0.2) is 4.98 Å². The maximum atomic E-state index is 13.1. The highest BCUT2D eigenvalue weighted by Crippen LogP contribution is 2.33. The number of rotatable bonds is 4. The summed E-state index contributed by atoms with van der Waals surface area (Å²) in [4.78, 5) is 10.2. The lowest BCUT2D eigenvalue weighted by molar-refractivity contribution is -0.137. The van der Waals surface area contributed by atoms with Gasteiger partial charge < -0.3 is 10.2 Å². The smallest absolute Gasteiger partial charge is 0.372 e. The minimum atomic E-state index is -4.46. The normalized spacial score (nSPS) is 11.6.